The van der Waals surface area contributed by atoms with Gasteiger partial charge in [0.1, 0.15) is 17.0 Å². The maximum atomic E-state index is 11.5. The summed E-state index contributed by atoms with van der Waals surface area (Å²) in [5.41, 5.74) is 3.42. The van der Waals surface area contributed by atoms with E-state index in [1.165, 1.54) is 6.07 Å². The molecule has 0 aliphatic heterocycles. The van der Waals surface area contributed by atoms with E-state index in [-0.39, 0.29) is 17.2 Å². The Morgan fingerprint density at radius 3 is 2.36 bits per heavy atom. The molecule has 3 aromatic rings. The smallest absolute Gasteiger partial charge is 0.339 e. The molecule has 3 rings (SSSR count). The molecule has 0 radical (unpaired) electrons. The number of carboxylic acid groups (broad SMARTS) is 1. The van der Waals surface area contributed by atoms with Crippen LogP contribution in [0.5, 0.6) is 5.75 Å². The summed E-state index contributed by atoms with van der Waals surface area (Å²) in [6.45, 7) is 3.77. The molecule has 0 aromatic heterocycles. The SMILES string of the molecule is CC(C)c1cc(/N=N/c2c(I)cccc2-c2ccccc2)cc(C(=O)O)c1O. The molecule has 0 spiro atoms. The quantitative estimate of drug-likeness (QED) is 0.304. The zero-order valence-electron chi connectivity index (χ0n) is 15.4. The average molecular weight is 486 g/mol. The standard InChI is InChI=1S/C22H19IN2O3/c1-13(2)17-11-15(12-18(21(17)26)22(27)28)24-25-20-16(9-6-10-19(20)23)14-7-4-3-5-8-14/h3-13,26H,1-2H3,(H,27,28)/b25-24+. The number of halogens is 1. The van der Waals surface area contributed by atoms with Crippen LogP contribution in [-0.2, 0) is 0 Å². The minimum absolute atomic E-state index is 0.0509. The van der Waals surface area contributed by atoms with Gasteiger partial charge in [-0.25, -0.2) is 4.79 Å². The maximum Gasteiger partial charge on any atom is 0.339 e. The first-order valence-corrected chi connectivity index (χ1v) is 9.82. The maximum absolute atomic E-state index is 11.5. The van der Waals surface area contributed by atoms with Crippen LogP contribution in [0.2, 0.25) is 0 Å². The Morgan fingerprint density at radius 2 is 1.71 bits per heavy atom. The van der Waals surface area contributed by atoms with Crippen molar-refractivity contribution in [3.63, 3.8) is 0 Å². The summed E-state index contributed by atoms with van der Waals surface area (Å²) in [6.07, 6.45) is 0. The second-order valence-electron chi connectivity index (χ2n) is 6.59. The highest BCUT2D eigenvalue weighted by Crippen LogP contribution is 2.37. The molecule has 0 amide bonds. The largest absolute Gasteiger partial charge is 0.507 e. The number of aromatic hydroxyl groups is 1. The van der Waals surface area contributed by atoms with Gasteiger partial charge in [-0.05, 0) is 57.8 Å². The van der Waals surface area contributed by atoms with Crippen LogP contribution in [0, 0.1) is 3.57 Å². The first-order valence-electron chi connectivity index (χ1n) is 8.74. The summed E-state index contributed by atoms with van der Waals surface area (Å²) in [4.78, 5) is 11.5. The van der Waals surface area contributed by atoms with Crippen LogP contribution in [-0.4, -0.2) is 16.2 Å². The Bertz CT molecular complexity index is 1050. The predicted molar refractivity (Wildman–Crippen MR) is 118 cm³/mol. The van der Waals surface area contributed by atoms with E-state index in [9.17, 15) is 15.0 Å². The molecule has 5 nitrogen and oxygen atoms in total. The van der Waals surface area contributed by atoms with Crippen LogP contribution in [0.25, 0.3) is 11.1 Å². The molecule has 0 fully saturated rings. The fraction of sp³-hybridized carbons (Fsp3) is 0.136. The zero-order valence-corrected chi connectivity index (χ0v) is 17.6. The van der Waals surface area contributed by atoms with E-state index in [0.29, 0.717) is 16.9 Å². The van der Waals surface area contributed by atoms with Crippen molar-refractivity contribution in [2.75, 3.05) is 0 Å². The number of hydrogen-bond donors (Lipinski definition) is 2. The monoisotopic (exact) mass is 486 g/mol. The fourth-order valence-electron chi connectivity index (χ4n) is 2.88. The van der Waals surface area contributed by atoms with E-state index in [1.807, 2.05) is 62.4 Å². The highest BCUT2D eigenvalue weighted by Gasteiger charge is 2.17. The molecule has 6 heteroatoms. The first-order chi connectivity index (χ1) is 13.4. The molecule has 2 N–H and O–H groups in total. The number of nitrogens with zero attached hydrogens (tertiary/aromatic N) is 2. The van der Waals surface area contributed by atoms with Crippen LogP contribution in [0.1, 0.15) is 35.7 Å². The molecule has 3 aromatic carbocycles. The highest BCUT2D eigenvalue weighted by atomic mass is 127. The van der Waals surface area contributed by atoms with Gasteiger partial charge >= 0.3 is 5.97 Å². The normalized spacial score (nSPS) is 11.3. The van der Waals surface area contributed by atoms with Crippen molar-refractivity contribution in [3.8, 4) is 16.9 Å². The number of benzene rings is 3. The predicted octanol–water partition coefficient (Wildman–Crippen LogP) is 6.90. The molecule has 142 valence electrons. The number of phenols is 1. The number of hydrogen-bond acceptors (Lipinski definition) is 4. The minimum Gasteiger partial charge on any atom is -0.507 e. The van der Waals surface area contributed by atoms with E-state index < -0.39 is 5.97 Å². The van der Waals surface area contributed by atoms with Crippen molar-refractivity contribution in [1.82, 2.24) is 0 Å². The van der Waals surface area contributed by atoms with E-state index >= 15 is 0 Å². The third-order valence-corrected chi connectivity index (χ3v) is 5.18. The number of carboxylic acids is 1. The first kappa shape index (κ1) is 20.0. The molecule has 0 unspecified atom stereocenters. The van der Waals surface area contributed by atoms with E-state index in [0.717, 1.165) is 14.7 Å². The molecule has 28 heavy (non-hydrogen) atoms. The zero-order chi connectivity index (χ0) is 20.3. The van der Waals surface area contributed by atoms with Crippen molar-refractivity contribution in [2.45, 2.75) is 19.8 Å². The van der Waals surface area contributed by atoms with Gasteiger partial charge in [-0.2, -0.15) is 5.11 Å². The number of aromatic carboxylic acids is 1. The van der Waals surface area contributed by atoms with Crippen molar-refractivity contribution in [3.05, 3.63) is 75.4 Å². The molecular weight excluding hydrogens is 467 g/mol. The topological polar surface area (TPSA) is 82.2 Å². The van der Waals surface area contributed by atoms with Crippen molar-refractivity contribution >= 4 is 39.9 Å². The molecule has 0 atom stereocenters. The summed E-state index contributed by atoms with van der Waals surface area (Å²) >= 11 is 2.21. The summed E-state index contributed by atoms with van der Waals surface area (Å²) < 4.78 is 0.934. The third kappa shape index (κ3) is 4.22. The Balaban J connectivity index is 2.10. The molecule has 0 heterocycles. The van der Waals surface area contributed by atoms with Crippen molar-refractivity contribution in [1.29, 1.82) is 0 Å². The lowest BCUT2D eigenvalue weighted by atomic mass is 9.98. The summed E-state index contributed by atoms with van der Waals surface area (Å²) in [5.74, 6) is -1.47. The van der Waals surface area contributed by atoms with Gasteiger partial charge in [0.25, 0.3) is 0 Å². The lowest BCUT2D eigenvalue weighted by Crippen LogP contribution is -2.00. The van der Waals surface area contributed by atoms with Crippen LogP contribution in [0.15, 0.2) is 70.9 Å². The number of carbonyl (C=O) groups is 1. The Labute approximate surface area is 176 Å². The second-order valence-corrected chi connectivity index (χ2v) is 7.76. The molecule has 0 saturated carbocycles. The van der Waals surface area contributed by atoms with E-state index in [4.69, 9.17) is 0 Å². The van der Waals surface area contributed by atoms with E-state index in [2.05, 4.69) is 32.8 Å². The summed E-state index contributed by atoms with van der Waals surface area (Å²) in [6, 6.07) is 18.8. The average Bonchev–Trinajstić information content (AvgIpc) is 2.68. The third-order valence-electron chi connectivity index (χ3n) is 4.31. The van der Waals surface area contributed by atoms with Gasteiger partial charge < -0.3 is 10.2 Å². The van der Waals surface area contributed by atoms with Crippen LogP contribution < -0.4 is 0 Å². The minimum atomic E-state index is -1.20. The molecule has 0 saturated heterocycles. The highest BCUT2D eigenvalue weighted by molar-refractivity contribution is 14.1. The van der Waals surface area contributed by atoms with Gasteiger partial charge in [0.15, 0.2) is 0 Å². The summed E-state index contributed by atoms with van der Waals surface area (Å²) in [7, 11) is 0. The number of azo groups is 1. The van der Waals surface area contributed by atoms with Gasteiger partial charge in [0.05, 0.1) is 5.69 Å². The van der Waals surface area contributed by atoms with Crippen LogP contribution in [0.4, 0.5) is 11.4 Å². The molecular formula is C22H19IN2O3. The number of rotatable bonds is 5. The molecule has 0 aliphatic rings. The Hall–Kier alpha value is -2.74. The second kappa shape index (κ2) is 8.52. The lowest BCUT2D eigenvalue weighted by Gasteiger charge is -2.11. The van der Waals surface area contributed by atoms with Gasteiger partial charge in [-0.3, -0.25) is 0 Å². The molecule has 0 bridgehead atoms. The van der Waals surface area contributed by atoms with Gasteiger partial charge in [0.2, 0.25) is 0 Å². The summed E-state index contributed by atoms with van der Waals surface area (Å²) in [5, 5.41) is 28.3. The van der Waals surface area contributed by atoms with Crippen molar-refractivity contribution in [2.24, 2.45) is 10.2 Å². The van der Waals surface area contributed by atoms with Crippen molar-refractivity contribution < 1.29 is 15.0 Å². The van der Waals surface area contributed by atoms with Crippen LogP contribution >= 0.6 is 22.6 Å². The molecule has 0 aliphatic carbocycles. The lowest BCUT2D eigenvalue weighted by molar-refractivity contribution is 0.0693. The van der Waals surface area contributed by atoms with Crippen LogP contribution in [0.3, 0.4) is 0 Å². The van der Waals surface area contributed by atoms with E-state index in [1.54, 1.807) is 6.07 Å². The Kier molecular flexibility index (Phi) is 6.08. The Morgan fingerprint density at radius 1 is 1.00 bits per heavy atom. The fourth-order valence-corrected chi connectivity index (χ4v) is 3.48. The van der Waals surface area contributed by atoms with Gasteiger partial charge in [-0.1, -0.05) is 56.3 Å². The van der Waals surface area contributed by atoms with Gasteiger partial charge in [0, 0.05) is 9.13 Å². The van der Waals surface area contributed by atoms with Gasteiger partial charge in [-0.15, -0.1) is 5.11 Å².